The maximum Gasteiger partial charge on any atom is 0.240 e. The van der Waals surface area contributed by atoms with Gasteiger partial charge in [0.2, 0.25) is 17.6 Å². The third-order valence-corrected chi connectivity index (χ3v) is 4.83. The van der Waals surface area contributed by atoms with Gasteiger partial charge in [0.1, 0.15) is 5.82 Å². The molecule has 1 fully saturated rings. The summed E-state index contributed by atoms with van der Waals surface area (Å²) in [5.41, 5.74) is 6.54. The predicted molar refractivity (Wildman–Crippen MR) is 95.7 cm³/mol. The highest BCUT2D eigenvalue weighted by molar-refractivity contribution is 5.82. The molecule has 2 atom stereocenters. The molecule has 6 nitrogen and oxygen atoms in total. The van der Waals surface area contributed by atoms with E-state index < -0.39 is 6.04 Å². The molecule has 1 amide bonds. The molecule has 3 rings (SSSR count). The molecular weight excluding hydrogens is 335 g/mol. The van der Waals surface area contributed by atoms with Crippen LogP contribution in [-0.2, 0) is 4.79 Å². The minimum Gasteiger partial charge on any atom is -0.341 e. The van der Waals surface area contributed by atoms with Crippen molar-refractivity contribution in [2.24, 2.45) is 11.1 Å². The van der Waals surface area contributed by atoms with E-state index in [1.807, 2.05) is 20.8 Å². The third kappa shape index (κ3) is 3.93. The molecule has 7 heteroatoms. The number of hydrogen-bond donors (Lipinski definition) is 1. The minimum absolute atomic E-state index is 0.0124. The van der Waals surface area contributed by atoms with Crippen LogP contribution < -0.4 is 5.73 Å². The second-order valence-electron chi connectivity index (χ2n) is 7.93. The van der Waals surface area contributed by atoms with Gasteiger partial charge in [0.05, 0.1) is 12.0 Å². The van der Waals surface area contributed by atoms with Gasteiger partial charge in [-0.05, 0) is 42.5 Å². The highest BCUT2D eigenvalue weighted by Crippen LogP contribution is 2.29. The van der Waals surface area contributed by atoms with Gasteiger partial charge in [-0.25, -0.2) is 4.39 Å². The normalized spacial score (nSPS) is 19.4. The molecule has 0 saturated carbocycles. The Hall–Kier alpha value is -2.28. The lowest BCUT2D eigenvalue weighted by Crippen LogP contribution is -2.52. The first kappa shape index (κ1) is 18.5. The van der Waals surface area contributed by atoms with Gasteiger partial charge in [-0.1, -0.05) is 25.9 Å². The summed E-state index contributed by atoms with van der Waals surface area (Å²) in [6.45, 7) is 7.10. The number of nitrogens with two attached hydrogens (primary N) is 1. The first-order chi connectivity index (χ1) is 12.3. The lowest BCUT2D eigenvalue weighted by Gasteiger charge is -2.36. The summed E-state index contributed by atoms with van der Waals surface area (Å²) in [5, 5.41) is 4.00. The number of aromatic nitrogens is 2. The molecular formula is C19H25FN4O2. The number of piperidine rings is 1. The first-order valence-electron chi connectivity index (χ1n) is 8.89. The van der Waals surface area contributed by atoms with Crippen molar-refractivity contribution in [3.63, 3.8) is 0 Å². The third-order valence-electron chi connectivity index (χ3n) is 4.83. The molecule has 0 bridgehead atoms. The van der Waals surface area contributed by atoms with Gasteiger partial charge in [0.25, 0.3) is 0 Å². The lowest BCUT2D eigenvalue weighted by atomic mass is 9.86. The number of nitrogens with zero attached hydrogens (tertiary/aromatic N) is 3. The maximum absolute atomic E-state index is 13.1. The zero-order chi connectivity index (χ0) is 18.9. The second-order valence-corrected chi connectivity index (χ2v) is 7.93. The summed E-state index contributed by atoms with van der Waals surface area (Å²) in [4.78, 5) is 18.9. The van der Waals surface area contributed by atoms with Gasteiger partial charge in [-0.2, -0.15) is 4.98 Å². The molecule has 2 N–H and O–H groups in total. The van der Waals surface area contributed by atoms with Crippen molar-refractivity contribution in [1.29, 1.82) is 0 Å². The molecule has 2 aromatic rings. The number of halogens is 1. The van der Waals surface area contributed by atoms with Crippen molar-refractivity contribution in [3.8, 4) is 11.4 Å². The van der Waals surface area contributed by atoms with Crippen molar-refractivity contribution in [1.82, 2.24) is 15.0 Å². The molecule has 1 unspecified atom stereocenters. The van der Waals surface area contributed by atoms with E-state index in [0.717, 1.165) is 12.8 Å². The van der Waals surface area contributed by atoms with E-state index in [9.17, 15) is 9.18 Å². The Morgan fingerprint density at radius 1 is 1.35 bits per heavy atom. The second kappa shape index (κ2) is 7.15. The van der Waals surface area contributed by atoms with Gasteiger partial charge in [-0.15, -0.1) is 0 Å². The first-order valence-corrected chi connectivity index (χ1v) is 8.89. The van der Waals surface area contributed by atoms with Gasteiger partial charge in [0.15, 0.2) is 0 Å². The molecule has 1 aromatic heterocycles. The van der Waals surface area contributed by atoms with Crippen LogP contribution in [0.5, 0.6) is 0 Å². The summed E-state index contributed by atoms with van der Waals surface area (Å²) in [6.07, 6.45) is 1.74. The summed E-state index contributed by atoms with van der Waals surface area (Å²) in [7, 11) is 0. The topological polar surface area (TPSA) is 85.3 Å². The van der Waals surface area contributed by atoms with Crippen LogP contribution in [0.15, 0.2) is 28.8 Å². The zero-order valence-corrected chi connectivity index (χ0v) is 15.4. The number of likely N-dealkylation sites (tertiary alicyclic amines) is 1. The van der Waals surface area contributed by atoms with Crippen molar-refractivity contribution in [2.75, 3.05) is 13.1 Å². The largest absolute Gasteiger partial charge is 0.341 e. The number of carbonyl (C=O) groups is 1. The van der Waals surface area contributed by atoms with Crippen LogP contribution in [0.4, 0.5) is 4.39 Å². The van der Waals surface area contributed by atoms with E-state index >= 15 is 0 Å². The van der Waals surface area contributed by atoms with Crippen LogP contribution >= 0.6 is 0 Å². The van der Waals surface area contributed by atoms with Gasteiger partial charge >= 0.3 is 0 Å². The molecule has 0 radical (unpaired) electrons. The fraction of sp³-hybridized carbons (Fsp3) is 0.526. The molecule has 26 heavy (non-hydrogen) atoms. The van der Waals surface area contributed by atoms with Crippen LogP contribution in [0.1, 0.15) is 45.4 Å². The Balaban J connectivity index is 1.72. The van der Waals surface area contributed by atoms with E-state index in [0.29, 0.717) is 30.4 Å². The number of amides is 1. The van der Waals surface area contributed by atoms with Gasteiger partial charge < -0.3 is 15.2 Å². The van der Waals surface area contributed by atoms with Crippen LogP contribution in [0.3, 0.4) is 0 Å². The van der Waals surface area contributed by atoms with E-state index in [4.69, 9.17) is 10.3 Å². The quantitative estimate of drug-likeness (QED) is 0.909. The predicted octanol–water partition coefficient (Wildman–Crippen LogP) is 2.96. The van der Waals surface area contributed by atoms with Crippen LogP contribution in [0.25, 0.3) is 11.4 Å². The number of benzene rings is 1. The number of hydrogen-bond acceptors (Lipinski definition) is 5. The molecule has 1 aliphatic rings. The van der Waals surface area contributed by atoms with Crippen LogP contribution in [-0.4, -0.2) is 40.1 Å². The molecule has 0 aliphatic carbocycles. The standard InChI is InChI=1S/C19H25FN4O2/c1-19(2,3)15(21)18(25)24-10-4-5-13(11-24)17-22-16(23-26-17)12-6-8-14(20)9-7-12/h6-9,13,15H,4-5,10-11,21H2,1-3H3/t13?,15-/m1/s1. The van der Waals surface area contributed by atoms with Gasteiger partial charge in [0, 0.05) is 18.7 Å². The lowest BCUT2D eigenvalue weighted by molar-refractivity contribution is -0.136. The van der Waals surface area contributed by atoms with E-state index in [1.54, 1.807) is 17.0 Å². The Bertz CT molecular complexity index is 767. The van der Waals surface area contributed by atoms with Crippen LogP contribution in [0, 0.1) is 11.2 Å². The fourth-order valence-corrected chi connectivity index (χ4v) is 3.06. The number of rotatable bonds is 3. The van der Waals surface area contributed by atoms with Crippen molar-refractivity contribution >= 4 is 5.91 Å². The van der Waals surface area contributed by atoms with Crippen molar-refractivity contribution in [2.45, 2.75) is 45.6 Å². The van der Waals surface area contributed by atoms with Crippen molar-refractivity contribution in [3.05, 3.63) is 36.0 Å². The van der Waals surface area contributed by atoms with E-state index in [1.165, 1.54) is 12.1 Å². The SMILES string of the molecule is CC(C)(C)[C@H](N)C(=O)N1CCCC(c2nc(-c3ccc(F)cc3)no2)C1. The average molecular weight is 360 g/mol. The highest BCUT2D eigenvalue weighted by atomic mass is 19.1. The highest BCUT2D eigenvalue weighted by Gasteiger charge is 2.35. The van der Waals surface area contributed by atoms with Crippen molar-refractivity contribution < 1.29 is 13.7 Å². The van der Waals surface area contributed by atoms with Crippen LogP contribution in [0.2, 0.25) is 0 Å². The maximum atomic E-state index is 13.1. The molecule has 1 aromatic carbocycles. The Morgan fingerprint density at radius 2 is 2.04 bits per heavy atom. The molecule has 1 aliphatic heterocycles. The molecule has 2 heterocycles. The fourth-order valence-electron chi connectivity index (χ4n) is 3.06. The molecule has 1 saturated heterocycles. The summed E-state index contributed by atoms with van der Waals surface area (Å²) < 4.78 is 18.5. The average Bonchev–Trinajstić information content (AvgIpc) is 3.10. The summed E-state index contributed by atoms with van der Waals surface area (Å²) in [5.74, 6) is 0.567. The molecule has 0 spiro atoms. The Labute approximate surface area is 152 Å². The Morgan fingerprint density at radius 3 is 2.69 bits per heavy atom. The van der Waals surface area contributed by atoms with Gasteiger partial charge in [-0.3, -0.25) is 4.79 Å². The van der Waals surface area contributed by atoms with E-state index in [2.05, 4.69) is 10.1 Å². The monoisotopic (exact) mass is 360 g/mol. The van der Waals surface area contributed by atoms with E-state index in [-0.39, 0.29) is 23.1 Å². The summed E-state index contributed by atoms with van der Waals surface area (Å²) in [6, 6.07) is 5.41. The zero-order valence-electron chi connectivity index (χ0n) is 15.4. The molecule has 140 valence electrons. The smallest absolute Gasteiger partial charge is 0.240 e. The number of carbonyl (C=O) groups excluding carboxylic acids is 1. The Kier molecular flexibility index (Phi) is 5.09. The summed E-state index contributed by atoms with van der Waals surface area (Å²) >= 11 is 0. The minimum atomic E-state index is -0.543.